The fourth-order valence-corrected chi connectivity index (χ4v) is 4.00. The molecule has 2 saturated heterocycles. The van der Waals surface area contributed by atoms with E-state index in [-0.39, 0.29) is 11.9 Å². The lowest BCUT2D eigenvalue weighted by Gasteiger charge is -2.37. The number of methoxy groups -OCH3 is 1. The van der Waals surface area contributed by atoms with Crippen molar-refractivity contribution in [3.63, 3.8) is 0 Å². The van der Waals surface area contributed by atoms with E-state index in [1.807, 2.05) is 0 Å². The van der Waals surface area contributed by atoms with Gasteiger partial charge in [-0.15, -0.1) is 0 Å². The first-order chi connectivity index (χ1) is 10.1. The number of carbonyl (C=O) groups is 1. The summed E-state index contributed by atoms with van der Waals surface area (Å²) in [7, 11) is 1.38. The molecule has 2 heterocycles. The van der Waals surface area contributed by atoms with Crippen LogP contribution in [0, 0.1) is 5.82 Å². The molecule has 2 atom stereocenters. The molecule has 1 aromatic rings. The van der Waals surface area contributed by atoms with Crippen molar-refractivity contribution in [3.8, 4) is 0 Å². The van der Waals surface area contributed by atoms with Crippen molar-refractivity contribution in [2.24, 2.45) is 0 Å². The van der Waals surface area contributed by atoms with Gasteiger partial charge in [0.25, 0.3) is 0 Å². The summed E-state index contributed by atoms with van der Waals surface area (Å²) in [5.41, 5.74) is 0.662. The summed E-state index contributed by atoms with van der Waals surface area (Å²) in [5, 5.41) is 3.56. The van der Waals surface area contributed by atoms with Gasteiger partial charge >= 0.3 is 6.09 Å². The maximum absolute atomic E-state index is 13.3. The number of benzene rings is 1. The zero-order chi connectivity index (χ0) is 15.0. The Morgan fingerprint density at radius 1 is 1.38 bits per heavy atom. The van der Waals surface area contributed by atoms with E-state index in [1.54, 1.807) is 11.0 Å². The van der Waals surface area contributed by atoms with Crippen LogP contribution in [0.4, 0.5) is 14.9 Å². The summed E-state index contributed by atoms with van der Waals surface area (Å²) in [6.45, 7) is 0. The highest BCUT2D eigenvalue weighted by molar-refractivity contribution is 9.10. The number of hydrogen-bond acceptors (Lipinski definition) is 3. The topological polar surface area (TPSA) is 41.6 Å². The molecule has 0 spiro atoms. The molecule has 0 radical (unpaired) electrons. The molecular formula is C15H18BrFN2O2. The fraction of sp³-hybridized carbons (Fsp3) is 0.533. The van der Waals surface area contributed by atoms with Gasteiger partial charge in [0.05, 0.1) is 12.8 Å². The Morgan fingerprint density at radius 3 is 2.62 bits per heavy atom. The number of amides is 1. The normalized spacial score (nSPS) is 27.5. The van der Waals surface area contributed by atoms with Gasteiger partial charge in [-0.1, -0.05) is 0 Å². The van der Waals surface area contributed by atoms with Crippen LogP contribution in [-0.2, 0) is 4.74 Å². The van der Waals surface area contributed by atoms with Crippen LogP contribution < -0.4 is 10.2 Å². The van der Waals surface area contributed by atoms with Crippen molar-refractivity contribution in [2.75, 3.05) is 12.0 Å². The number of nitrogens with zero attached hydrogens (tertiary/aromatic N) is 1. The molecule has 1 amide bonds. The van der Waals surface area contributed by atoms with E-state index >= 15 is 0 Å². The average molecular weight is 357 g/mol. The van der Waals surface area contributed by atoms with Gasteiger partial charge in [-0.25, -0.2) is 9.18 Å². The van der Waals surface area contributed by atoms with E-state index in [2.05, 4.69) is 21.2 Å². The smallest absolute Gasteiger partial charge is 0.414 e. The SMILES string of the molecule is COC(=O)N(c1ccc(F)cc1Br)C1CC2CCC(C1)N2. The molecule has 21 heavy (non-hydrogen) atoms. The Balaban J connectivity index is 1.92. The Hall–Kier alpha value is -1.14. The summed E-state index contributed by atoms with van der Waals surface area (Å²) < 4.78 is 18.8. The first-order valence-corrected chi connectivity index (χ1v) is 7.96. The van der Waals surface area contributed by atoms with Crippen LogP contribution in [0.3, 0.4) is 0 Å². The number of halogens is 2. The lowest BCUT2D eigenvalue weighted by Crippen LogP contribution is -2.50. The monoisotopic (exact) mass is 356 g/mol. The molecule has 4 nitrogen and oxygen atoms in total. The molecule has 2 fully saturated rings. The predicted octanol–water partition coefficient (Wildman–Crippen LogP) is 3.44. The first kappa shape index (κ1) is 14.8. The summed E-state index contributed by atoms with van der Waals surface area (Å²) in [5.74, 6) is -0.333. The highest BCUT2D eigenvalue weighted by atomic mass is 79.9. The van der Waals surface area contributed by atoms with Crippen molar-refractivity contribution >= 4 is 27.7 Å². The number of fused-ring (bicyclic) bond motifs is 2. The molecule has 2 aliphatic heterocycles. The Morgan fingerprint density at radius 2 is 2.05 bits per heavy atom. The van der Waals surface area contributed by atoms with Crippen molar-refractivity contribution in [1.82, 2.24) is 5.32 Å². The van der Waals surface area contributed by atoms with E-state index in [4.69, 9.17) is 4.74 Å². The van der Waals surface area contributed by atoms with Gasteiger partial charge in [-0.05, 0) is 59.8 Å². The van der Waals surface area contributed by atoms with Gasteiger partial charge in [0.15, 0.2) is 0 Å². The van der Waals surface area contributed by atoms with E-state index in [0.29, 0.717) is 22.2 Å². The average Bonchev–Trinajstić information content (AvgIpc) is 2.80. The Kier molecular flexibility index (Phi) is 4.17. The number of carbonyl (C=O) groups excluding carboxylic acids is 1. The van der Waals surface area contributed by atoms with E-state index in [9.17, 15) is 9.18 Å². The molecule has 1 N–H and O–H groups in total. The van der Waals surface area contributed by atoms with Crippen LogP contribution >= 0.6 is 15.9 Å². The lowest BCUT2D eigenvalue weighted by atomic mass is 9.98. The second-order valence-corrected chi connectivity index (χ2v) is 6.55. The number of hydrogen-bond donors (Lipinski definition) is 1. The molecule has 2 aliphatic rings. The Labute approximate surface area is 131 Å². The van der Waals surface area contributed by atoms with Crippen LogP contribution in [-0.4, -0.2) is 31.3 Å². The first-order valence-electron chi connectivity index (χ1n) is 7.16. The zero-order valence-corrected chi connectivity index (χ0v) is 13.4. The minimum absolute atomic E-state index is 0.0814. The van der Waals surface area contributed by atoms with Crippen LogP contribution in [0.2, 0.25) is 0 Å². The number of anilines is 1. The number of piperidine rings is 1. The molecule has 1 aromatic carbocycles. The second-order valence-electron chi connectivity index (χ2n) is 5.70. The third kappa shape index (κ3) is 2.92. The van der Waals surface area contributed by atoms with Gasteiger partial charge in [-0.2, -0.15) is 0 Å². The fourth-order valence-electron chi connectivity index (χ4n) is 3.46. The molecule has 0 aliphatic carbocycles. The third-order valence-electron chi connectivity index (χ3n) is 4.35. The highest BCUT2D eigenvalue weighted by Gasteiger charge is 2.39. The van der Waals surface area contributed by atoms with Gasteiger partial charge in [0.2, 0.25) is 0 Å². The van der Waals surface area contributed by atoms with Crippen molar-refractivity contribution in [3.05, 3.63) is 28.5 Å². The minimum atomic E-state index is -0.395. The summed E-state index contributed by atoms with van der Waals surface area (Å²) >= 11 is 3.35. The zero-order valence-electron chi connectivity index (χ0n) is 11.8. The lowest BCUT2D eigenvalue weighted by molar-refractivity contribution is 0.172. The Bertz CT molecular complexity index is 542. The third-order valence-corrected chi connectivity index (χ3v) is 4.99. The quantitative estimate of drug-likeness (QED) is 0.882. The molecule has 2 unspecified atom stereocenters. The molecule has 114 valence electrons. The van der Waals surface area contributed by atoms with Crippen LogP contribution in [0.5, 0.6) is 0 Å². The van der Waals surface area contributed by atoms with Crippen LogP contribution in [0.25, 0.3) is 0 Å². The molecule has 2 bridgehead atoms. The van der Waals surface area contributed by atoms with Crippen LogP contribution in [0.15, 0.2) is 22.7 Å². The van der Waals surface area contributed by atoms with Crippen molar-refractivity contribution in [1.29, 1.82) is 0 Å². The van der Waals surface area contributed by atoms with E-state index in [1.165, 1.54) is 19.2 Å². The maximum Gasteiger partial charge on any atom is 0.414 e. The predicted molar refractivity (Wildman–Crippen MR) is 82.0 cm³/mol. The van der Waals surface area contributed by atoms with Crippen molar-refractivity contribution in [2.45, 2.75) is 43.8 Å². The molecular weight excluding hydrogens is 339 g/mol. The standard InChI is InChI=1S/C15H18BrFN2O2/c1-21-15(20)19(14-5-2-9(17)6-13(14)16)12-7-10-3-4-11(8-12)18-10/h2,5-6,10-12,18H,3-4,7-8H2,1H3. The minimum Gasteiger partial charge on any atom is -0.452 e. The van der Waals surface area contributed by atoms with E-state index in [0.717, 1.165) is 25.7 Å². The summed E-state index contributed by atoms with van der Waals surface area (Å²) in [6, 6.07) is 5.37. The maximum atomic E-state index is 13.3. The second kappa shape index (κ2) is 5.93. The summed E-state index contributed by atoms with van der Waals surface area (Å²) in [4.78, 5) is 13.9. The van der Waals surface area contributed by atoms with Gasteiger partial charge < -0.3 is 10.1 Å². The number of nitrogens with one attached hydrogen (secondary N) is 1. The van der Waals surface area contributed by atoms with Gasteiger partial charge in [0.1, 0.15) is 5.82 Å². The highest BCUT2D eigenvalue weighted by Crippen LogP contribution is 2.35. The van der Waals surface area contributed by atoms with E-state index < -0.39 is 6.09 Å². The summed E-state index contributed by atoms with van der Waals surface area (Å²) in [6.07, 6.45) is 3.71. The number of ether oxygens (including phenoxy) is 1. The molecule has 0 saturated carbocycles. The molecule has 3 rings (SSSR count). The molecule has 6 heteroatoms. The number of rotatable bonds is 2. The van der Waals surface area contributed by atoms with Gasteiger partial charge in [0, 0.05) is 22.6 Å². The molecule has 0 aromatic heterocycles. The van der Waals surface area contributed by atoms with Crippen molar-refractivity contribution < 1.29 is 13.9 Å². The van der Waals surface area contributed by atoms with Crippen LogP contribution in [0.1, 0.15) is 25.7 Å². The van der Waals surface area contributed by atoms with Gasteiger partial charge in [-0.3, -0.25) is 4.90 Å². The largest absolute Gasteiger partial charge is 0.452 e.